The van der Waals surface area contributed by atoms with Crippen LogP contribution in [-0.4, -0.2) is 0 Å². The van der Waals surface area contributed by atoms with Gasteiger partial charge in [0.25, 0.3) is 0 Å². The van der Waals surface area contributed by atoms with Crippen LogP contribution in [-0.2, 0) is 6.42 Å². The minimum Gasteiger partial charge on any atom is -0.400 e. The first kappa shape index (κ1) is 15.8. The molecule has 0 amide bonds. The normalized spacial score (nSPS) is 16.9. The average Bonchev–Trinajstić information content (AvgIpc) is 2.57. The molecule has 1 aliphatic carbocycles. The van der Waals surface area contributed by atoms with Crippen molar-refractivity contribution in [3.8, 4) is 0 Å². The quantitative estimate of drug-likeness (QED) is 0.593. The highest BCUT2D eigenvalue weighted by Gasteiger charge is 2.26. The van der Waals surface area contributed by atoms with Crippen LogP contribution >= 0.6 is 0 Å². The molecule has 0 heterocycles. The highest BCUT2D eigenvalue weighted by molar-refractivity contribution is 6.01. The van der Waals surface area contributed by atoms with Gasteiger partial charge in [-0.1, -0.05) is 56.2 Å². The molecule has 0 fully saturated rings. The number of rotatable bonds is 6. The first-order chi connectivity index (χ1) is 11.2. The second kappa shape index (κ2) is 6.59. The number of allylic oxidation sites excluding steroid dienone is 2. The van der Waals surface area contributed by atoms with Gasteiger partial charge in [0.15, 0.2) is 0 Å². The summed E-state index contributed by atoms with van der Waals surface area (Å²) in [5, 5.41) is 2.54. The number of hydrogen-bond acceptors (Lipinski definition) is 2. The van der Waals surface area contributed by atoms with E-state index in [4.69, 9.17) is 11.5 Å². The predicted octanol–water partition coefficient (Wildman–Crippen LogP) is 4.83. The minimum absolute atomic E-state index is 0.193. The Balaban J connectivity index is 2.24. The number of hydrogen-bond donors (Lipinski definition) is 2. The first-order valence-corrected chi connectivity index (χ1v) is 8.58. The predicted molar refractivity (Wildman–Crippen MR) is 100 cm³/mol. The van der Waals surface area contributed by atoms with E-state index in [2.05, 4.69) is 43.8 Å². The molecule has 2 nitrogen and oxygen atoms in total. The maximum atomic E-state index is 6.49. The molecule has 3 rings (SSSR count). The van der Waals surface area contributed by atoms with Crippen LogP contribution in [0.25, 0.3) is 16.3 Å². The van der Waals surface area contributed by atoms with E-state index in [0.29, 0.717) is 0 Å². The molecule has 0 saturated carbocycles. The lowest BCUT2D eigenvalue weighted by Crippen LogP contribution is -2.24. The third-order valence-electron chi connectivity index (χ3n) is 4.88. The largest absolute Gasteiger partial charge is 0.400 e. The van der Waals surface area contributed by atoms with Crippen LogP contribution in [0.15, 0.2) is 48.7 Å². The van der Waals surface area contributed by atoms with Crippen molar-refractivity contribution < 1.29 is 0 Å². The van der Waals surface area contributed by atoms with Crippen molar-refractivity contribution in [1.82, 2.24) is 0 Å². The Morgan fingerprint density at radius 2 is 2.00 bits per heavy atom. The van der Waals surface area contributed by atoms with Crippen LogP contribution in [0, 0.1) is 0 Å². The number of unbranched alkanes of at least 4 members (excludes halogenated alkanes) is 2. The summed E-state index contributed by atoms with van der Waals surface area (Å²) in [5.41, 5.74) is 18.8. The SMILES string of the molecule is C=CCc1ccc2cccc3c2c1C(CCCCC)=C(N)C3N. The van der Waals surface area contributed by atoms with E-state index in [0.717, 1.165) is 30.5 Å². The van der Waals surface area contributed by atoms with E-state index < -0.39 is 0 Å². The molecule has 1 aliphatic rings. The fourth-order valence-corrected chi connectivity index (χ4v) is 3.70. The Labute approximate surface area is 138 Å². The van der Waals surface area contributed by atoms with Gasteiger partial charge in [0.2, 0.25) is 0 Å². The minimum atomic E-state index is -0.193. The number of benzene rings is 2. The van der Waals surface area contributed by atoms with Crippen molar-refractivity contribution in [3.05, 3.63) is 65.4 Å². The molecule has 0 aromatic heterocycles. The van der Waals surface area contributed by atoms with Crippen LogP contribution in [0.4, 0.5) is 0 Å². The summed E-state index contributed by atoms with van der Waals surface area (Å²) in [4.78, 5) is 0. The Morgan fingerprint density at radius 3 is 2.74 bits per heavy atom. The highest BCUT2D eigenvalue weighted by atomic mass is 14.8. The molecule has 2 aromatic carbocycles. The summed E-state index contributed by atoms with van der Waals surface area (Å²) >= 11 is 0. The first-order valence-electron chi connectivity index (χ1n) is 8.58. The van der Waals surface area contributed by atoms with Crippen molar-refractivity contribution in [3.63, 3.8) is 0 Å². The van der Waals surface area contributed by atoms with Gasteiger partial charge in [-0.25, -0.2) is 0 Å². The Kier molecular flexibility index (Phi) is 4.53. The smallest absolute Gasteiger partial charge is 0.0707 e. The van der Waals surface area contributed by atoms with Gasteiger partial charge < -0.3 is 11.5 Å². The summed E-state index contributed by atoms with van der Waals surface area (Å²) in [5.74, 6) is 0. The van der Waals surface area contributed by atoms with E-state index in [1.807, 2.05) is 6.08 Å². The lowest BCUT2D eigenvalue weighted by atomic mass is 9.79. The molecule has 0 bridgehead atoms. The molecule has 2 heteroatoms. The lowest BCUT2D eigenvalue weighted by Gasteiger charge is -2.29. The van der Waals surface area contributed by atoms with Crippen molar-refractivity contribution >= 4 is 16.3 Å². The summed E-state index contributed by atoms with van der Waals surface area (Å²) in [6.45, 7) is 6.14. The molecular weight excluding hydrogens is 280 g/mol. The van der Waals surface area contributed by atoms with Crippen molar-refractivity contribution in [1.29, 1.82) is 0 Å². The zero-order valence-corrected chi connectivity index (χ0v) is 13.9. The van der Waals surface area contributed by atoms with Gasteiger partial charge in [0.1, 0.15) is 0 Å². The molecule has 1 atom stereocenters. The summed E-state index contributed by atoms with van der Waals surface area (Å²) in [6, 6.07) is 10.6. The summed E-state index contributed by atoms with van der Waals surface area (Å²) in [7, 11) is 0. The second-order valence-corrected chi connectivity index (χ2v) is 6.41. The van der Waals surface area contributed by atoms with Gasteiger partial charge in [0, 0.05) is 5.70 Å². The molecule has 4 N–H and O–H groups in total. The maximum Gasteiger partial charge on any atom is 0.0707 e. The van der Waals surface area contributed by atoms with Gasteiger partial charge in [0.05, 0.1) is 6.04 Å². The molecule has 0 saturated heterocycles. The van der Waals surface area contributed by atoms with Crippen molar-refractivity contribution in [2.45, 2.75) is 45.1 Å². The molecule has 0 radical (unpaired) electrons. The molecule has 120 valence electrons. The van der Waals surface area contributed by atoms with Crippen LogP contribution in [0.2, 0.25) is 0 Å². The van der Waals surface area contributed by atoms with E-state index in [1.165, 1.54) is 40.3 Å². The van der Waals surface area contributed by atoms with E-state index in [-0.39, 0.29) is 6.04 Å². The fourth-order valence-electron chi connectivity index (χ4n) is 3.70. The fraction of sp³-hybridized carbons (Fsp3) is 0.333. The van der Waals surface area contributed by atoms with E-state index in [1.54, 1.807) is 0 Å². The standard InChI is InChI=1S/C21H26N2/c1-3-5-6-10-16-18-14(8-4-2)12-13-15-9-7-11-17(19(15)18)21(23)20(16)22/h4,7,9,11-13,21H,2-3,5-6,8,10,22-23H2,1H3. The summed E-state index contributed by atoms with van der Waals surface area (Å²) < 4.78 is 0. The Morgan fingerprint density at radius 1 is 1.17 bits per heavy atom. The maximum absolute atomic E-state index is 6.49. The molecule has 23 heavy (non-hydrogen) atoms. The van der Waals surface area contributed by atoms with Gasteiger partial charge in [-0.15, -0.1) is 6.58 Å². The van der Waals surface area contributed by atoms with Gasteiger partial charge in [-0.2, -0.15) is 0 Å². The van der Waals surface area contributed by atoms with Gasteiger partial charge in [-0.3, -0.25) is 0 Å². The van der Waals surface area contributed by atoms with Crippen molar-refractivity contribution in [2.24, 2.45) is 11.5 Å². The highest BCUT2D eigenvalue weighted by Crippen LogP contribution is 2.43. The lowest BCUT2D eigenvalue weighted by molar-refractivity contribution is 0.726. The van der Waals surface area contributed by atoms with Gasteiger partial charge >= 0.3 is 0 Å². The topological polar surface area (TPSA) is 52.0 Å². The summed E-state index contributed by atoms with van der Waals surface area (Å²) in [6.07, 6.45) is 7.42. The monoisotopic (exact) mass is 306 g/mol. The van der Waals surface area contributed by atoms with E-state index >= 15 is 0 Å². The van der Waals surface area contributed by atoms with Crippen LogP contribution in [0.5, 0.6) is 0 Å². The molecule has 0 spiro atoms. The number of nitrogens with two attached hydrogens (primary N) is 2. The average molecular weight is 306 g/mol. The molecular formula is C21H26N2. The third-order valence-corrected chi connectivity index (χ3v) is 4.88. The molecule has 2 aromatic rings. The zero-order chi connectivity index (χ0) is 16.4. The van der Waals surface area contributed by atoms with Crippen LogP contribution in [0.1, 0.15) is 55.3 Å². The Bertz CT molecular complexity index is 771. The van der Waals surface area contributed by atoms with E-state index in [9.17, 15) is 0 Å². The van der Waals surface area contributed by atoms with Crippen LogP contribution in [0.3, 0.4) is 0 Å². The second-order valence-electron chi connectivity index (χ2n) is 6.41. The van der Waals surface area contributed by atoms with Crippen LogP contribution < -0.4 is 11.5 Å². The van der Waals surface area contributed by atoms with Gasteiger partial charge in [-0.05, 0) is 52.3 Å². The Hall–Kier alpha value is -2.06. The zero-order valence-electron chi connectivity index (χ0n) is 13.9. The van der Waals surface area contributed by atoms with Crippen molar-refractivity contribution in [2.75, 3.05) is 0 Å². The molecule has 0 aliphatic heterocycles. The molecule has 1 unspecified atom stereocenters. The third kappa shape index (κ3) is 2.68.